The monoisotopic (exact) mass is 382 g/mol. The molecule has 0 aliphatic carbocycles. The Bertz CT molecular complexity index is 748. The van der Waals surface area contributed by atoms with Gasteiger partial charge in [0.25, 0.3) is 0 Å². The van der Waals surface area contributed by atoms with Crippen molar-refractivity contribution in [2.45, 2.75) is 40.5 Å². The second kappa shape index (κ2) is 10.7. The van der Waals surface area contributed by atoms with Gasteiger partial charge in [-0.15, -0.1) is 0 Å². The van der Waals surface area contributed by atoms with E-state index in [0.717, 1.165) is 35.5 Å². The summed E-state index contributed by atoms with van der Waals surface area (Å²) >= 11 is 5.34. The zero-order chi connectivity index (χ0) is 19.6. The first-order chi connectivity index (χ1) is 13.0. The third kappa shape index (κ3) is 6.36. The van der Waals surface area contributed by atoms with Crippen LogP contribution < -0.4 is 15.6 Å². The van der Waals surface area contributed by atoms with Crippen LogP contribution in [-0.2, 0) is 0 Å². The van der Waals surface area contributed by atoms with Crippen molar-refractivity contribution in [3.8, 4) is 0 Å². The van der Waals surface area contributed by atoms with Crippen molar-refractivity contribution < 1.29 is 0 Å². The Kier molecular flexibility index (Phi) is 8.27. The SMILES string of the molecule is CCCCN(CC)c1ccc(/C=N/NC(=S)Nc2c(C)cccc2C)cc1. The van der Waals surface area contributed by atoms with Gasteiger partial charge in [-0.3, -0.25) is 5.43 Å². The molecule has 0 heterocycles. The molecule has 4 nitrogen and oxygen atoms in total. The van der Waals surface area contributed by atoms with E-state index in [4.69, 9.17) is 12.2 Å². The average molecular weight is 383 g/mol. The van der Waals surface area contributed by atoms with E-state index >= 15 is 0 Å². The van der Waals surface area contributed by atoms with E-state index in [2.05, 4.69) is 84.8 Å². The Labute approximate surface area is 168 Å². The topological polar surface area (TPSA) is 39.7 Å². The summed E-state index contributed by atoms with van der Waals surface area (Å²) < 4.78 is 0. The smallest absolute Gasteiger partial charge is 0.191 e. The van der Waals surface area contributed by atoms with Crippen LogP contribution in [0.3, 0.4) is 0 Å². The molecule has 0 bridgehead atoms. The molecule has 144 valence electrons. The third-order valence-electron chi connectivity index (χ3n) is 4.52. The Hall–Kier alpha value is -2.40. The fraction of sp³-hybridized carbons (Fsp3) is 0.364. The summed E-state index contributed by atoms with van der Waals surface area (Å²) in [6.45, 7) is 10.7. The maximum absolute atomic E-state index is 5.34. The number of hydrogen-bond donors (Lipinski definition) is 2. The maximum atomic E-state index is 5.34. The number of anilines is 2. The molecule has 2 aromatic carbocycles. The van der Waals surface area contributed by atoms with Crippen molar-refractivity contribution in [2.75, 3.05) is 23.3 Å². The van der Waals surface area contributed by atoms with Crippen LogP contribution in [0.1, 0.15) is 43.4 Å². The Morgan fingerprint density at radius 3 is 2.33 bits per heavy atom. The summed E-state index contributed by atoms with van der Waals surface area (Å²) in [6, 6.07) is 14.6. The molecule has 0 amide bonds. The van der Waals surface area contributed by atoms with Gasteiger partial charge in [0, 0.05) is 24.5 Å². The molecule has 0 fully saturated rings. The minimum absolute atomic E-state index is 0.483. The fourth-order valence-corrected chi connectivity index (χ4v) is 3.06. The molecule has 2 N–H and O–H groups in total. The van der Waals surface area contributed by atoms with Gasteiger partial charge >= 0.3 is 0 Å². The van der Waals surface area contributed by atoms with Gasteiger partial charge in [0.05, 0.1) is 6.21 Å². The zero-order valence-electron chi connectivity index (χ0n) is 16.7. The normalized spacial score (nSPS) is 10.8. The second-order valence-corrected chi connectivity index (χ2v) is 7.02. The lowest BCUT2D eigenvalue weighted by atomic mass is 10.1. The maximum Gasteiger partial charge on any atom is 0.191 e. The highest BCUT2D eigenvalue weighted by atomic mass is 32.1. The van der Waals surface area contributed by atoms with Crippen LogP contribution in [-0.4, -0.2) is 24.4 Å². The molecule has 0 radical (unpaired) electrons. The van der Waals surface area contributed by atoms with Crippen LogP contribution in [0.25, 0.3) is 0 Å². The number of para-hydroxylation sites is 1. The summed E-state index contributed by atoms with van der Waals surface area (Å²) in [6.07, 6.45) is 4.21. The van der Waals surface area contributed by atoms with Crippen LogP contribution >= 0.6 is 12.2 Å². The molecule has 0 aliphatic heterocycles. The van der Waals surface area contributed by atoms with Crippen molar-refractivity contribution >= 4 is 34.9 Å². The Morgan fingerprint density at radius 2 is 1.74 bits per heavy atom. The lowest BCUT2D eigenvalue weighted by Crippen LogP contribution is -2.24. The first-order valence-electron chi connectivity index (χ1n) is 9.56. The van der Waals surface area contributed by atoms with E-state index in [-0.39, 0.29) is 0 Å². The third-order valence-corrected chi connectivity index (χ3v) is 4.71. The summed E-state index contributed by atoms with van der Waals surface area (Å²) in [5.41, 5.74) is 8.52. The van der Waals surface area contributed by atoms with Crippen LogP contribution in [0.5, 0.6) is 0 Å². The van der Waals surface area contributed by atoms with Gasteiger partial charge < -0.3 is 10.2 Å². The number of benzene rings is 2. The number of unbranched alkanes of at least 4 members (excludes halogenated alkanes) is 1. The van der Waals surface area contributed by atoms with E-state index in [1.165, 1.54) is 18.5 Å². The van der Waals surface area contributed by atoms with Crippen molar-refractivity contribution in [3.05, 3.63) is 59.2 Å². The number of nitrogens with zero attached hydrogens (tertiary/aromatic N) is 2. The van der Waals surface area contributed by atoms with Crippen LogP contribution in [0.15, 0.2) is 47.6 Å². The van der Waals surface area contributed by atoms with Gasteiger partial charge in [-0.05, 0) is 68.2 Å². The van der Waals surface area contributed by atoms with E-state index in [9.17, 15) is 0 Å². The van der Waals surface area contributed by atoms with Crippen molar-refractivity contribution in [2.24, 2.45) is 5.10 Å². The van der Waals surface area contributed by atoms with Gasteiger partial charge in [-0.2, -0.15) is 5.10 Å². The molecule has 0 aliphatic rings. The van der Waals surface area contributed by atoms with E-state index in [0.29, 0.717) is 5.11 Å². The standard InChI is InChI=1S/C22H30N4S/c1-5-7-15-26(6-2)20-13-11-19(12-14-20)16-23-25-22(27)24-21-17(3)9-8-10-18(21)4/h8-14,16H,5-7,15H2,1-4H3,(H2,24,25,27)/b23-16+. The summed E-state index contributed by atoms with van der Waals surface area (Å²) in [5.74, 6) is 0. The van der Waals surface area contributed by atoms with E-state index in [1.54, 1.807) is 6.21 Å². The van der Waals surface area contributed by atoms with E-state index < -0.39 is 0 Å². The highest BCUT2D eigenvalue weighted by Crippen LogP contribution is 2.19. The quantitative estimate of drug-likeness (QED) is 0.372. The molecular formula is C22H30N4S. The lowest BCUT2D eigenvalue weighted by Gasteiger charge is -2.22. The second-order valence-electron chi connectivity index (χ2n) is 6.62. The minimum atomic E-state index is 0.483. The van der Waals surface area contributed by atoms with Crippen LogP contribution in [0.2, 0.25) is 0 Å². The van der Waals surface area contributed by atoms with Gasteiger partial charge in [-0.1, -0.05) is 43.7 Å². The van der Waals surface area contributed by atoms with Crippen LogP contribution in [0, 0.1) is 13.8 Å². The fourth-order valence-electron chi connectivity index (χ4n) is 2.91. The number of aryl methyl sites for hydroxylation is 2. The molecule has 2 rings (SSSR count). The predicted molar refractivity (Wildman–Crippen MR) is 122 cm³/mol. The van der Waals surface area contributed by atoms with Crippen molar-refractivity contribution in [1.82, 2.24) is 5.43 Å². The number of nitrogens with one attached hydrogen (secondary N) is 2. The van der Waals surface area contributed by atoms with Crippen molar-refractivity contribution in [1.29, 1.82) is 0 Å². The minimum Gasteiger partial charge on any atom is -0.372 e. The molecule has 0 aromatic heterocycles. The molecule has 5 heteroatoms. The highest BCUT2D eigenvalue weighted by molar-refractivity contribution is 7.80. The van der Waals surface area contributed by atoms with Gasteiger partial charge in [-0.25, -0.2) is 0 Å². The molecular weight excluding hydrogens is 352 g/mol. The Morgan fingerprint density at radius 1 is 1.07 bits per heavy atom. The van der Waals surface area contributed by atoms with Gasteiger partial charge in [0.1, 0.15) is 0 Å². The average Bonchev–Trinajstić information content (AvgIpc) is 2.66. The lowest BCUT2D eigenvalue weighted by molar-refractivity contribution is 0.732. The predicted octanol–water partition coefficient (Wildman–Crippen LogP) is 5.25. The zero-order valence-corrected chi connectivity index (χ0v) is 17.6. The summed E-state index contributed by atoms with van der Waals surface area (Å²) in [4.78, 5) is 2.40. The number of thiocarbonyl (C=S) groups is 1. The van der Waals surface area contributed by atoms with E-state index in [1.807, 2.05) is 6.07 Å². The number of hydrogen-bond acceptors (Lipinski definition) is 3. The number of rotatable bonds is 8. The molecule has 0 saturated heterocycles. The molecule has 0 spiro atoms. The largest absolute Gasteiger partial charge is 0.372 e. The summed E-state index contributed by atoms with van der Waals surface area (Å²) in [7, 11) is 0. The van der Waals surface area contributed by atoms with Gasteiger partial charge in [0.15, 0.2) is 5.11 Å². The molecule has 2 aromatic rings. The number of hydrazone groups is 1. The first-order valence-corrected chi connectivity index (χ1v) is 9.97. The molecule has 0 unspecified atom stereocenters. The molecule has 0 saturated carbocycles. The van der Waals surface area contributed by atoms with Gasteiger partial charge in [0.2, 0.25) is 0 Å². The Balaban J connectivity index is 1.91. The molecule has 27 heavy (non-hydrogen) atoms. The highest BCUT2D eigenvalue weighted by Gasteiger charge is 2.04. The summed E-state index contributed by atoms with van der Waals surface area (Å²) in [5, 5.41) is 7.95. The first kappa shape index (κ1) is 20.9. The van der Waals surface area contributed by atoms with Crippen LogP contribution in [0.4, 0.5) is 11.4 Å². The molecule has 0 atom stereocenters. The van der Waals surface area contributed by atoms with Crippen molar-refractivity contribution in [3.63, 3.8) is 0 Å².